The van der Waals surface area contributed by atoms with Gasteiger partial charge in [0.05, 0.1) is 0 Å². The Bertz CT molecular complexity index is 428. The maximum Gasteiger partial charge on any atom is 0.279 e. The summed E-state index contributed by atoms with van der Waals surface area (Å²) >= 11 is 0. The molecule has 0 amide bonds. The maximum absolute atomic E-state index is 11.6. The molecule has 5 nitrogen and oxygen atoms in total. The molecule has 0 aromatic heterocycles. The Morgan fingerprint density at radius 3 is 2.38 bits per heavy atom. The monoisotopic (exact) mass is 244 g/mol. The molecule has 0 saturated heterocycles. The van der Waals surface area contributed by atoms with Crippen molar-refractivity contribution in [3.63, 3.8) is 0 Å². The zero-order valence-corrected chi connectivity index (χ0v) is 10.2. The van der Waals surface area contributed by atoms with Crippen LogP contribution in [0.2, 0.25) is 0 Å². The Balaban J connectivity index is 2.71. The van der Waals surface area contributed by atoms with Gasteiger partial charge < -0.3 is 5.11 Å². The van der Waals surface area contributed by atoms with Crippen LogP contribution in [0.4, 0.5) is 0 Å². The van der Waals surface area contributed by atoms with E-state index in [0.717, 1.165) is 5.56 Å². The molecule has 0 aliphatic carbocycles. The lowest BCUT2D eigenvalue weighted by atomic mass is 10.2. The number of aromatic hydroxyl groups is 1. The maximum atomic E-state index is 11.6. The largest absolute Gasteiger partial charge is 0.508 e. The smallest absolute Gasteiger partial charge is 0.279 e. The van der Waals surface area contributed by atoms with Gasteiger partial charge in [-0.1, -0.05) is 19.1 Å². The van der Waals surface area contributed by atoms with Gasteiger partial charge >= 0.3 is 0 Å². The molecule has 0 radical (unpaired) electrons. The van der Waals surface area contributed by atoms with Crippen LogP contribution in [0.15, 0.2) is 24.3 Å². The second-order valence-corrected chi connectivity index (χ2v) is 5.29. The zero-order chi connectivity index (χ0) is 12.2. The van der Waals surface area contributed by atoms with Gasteiger partial charge in [0.2, 0.25) is 0 Å². The van der Waals surface area contributed by atoms with Crippen LogP contribution < -0.4 is 4.72 Å². The van der Waals surface area contributed by atoms with Crippen molar-refractivity contribution in [3.05, 3.63) is 29.8 Å². The van der Waals surface area contributed by atoms with Crippen LogP contribution in [0, 0.1) is 0 Å². The van der Waals surface area contributed by atoms with Crippen LogP contribution in [0.5, 0.6) is 5.75 Å². The van der Waals surface area contributed by atoms with Gasteiger partial charge in [-0.25, -0.2) is 4.72 Å². The molecule has 1 aromatic carbocycles. The first-order chi connectivity index (χ1) is 7.45. The van der Waals surface area contributed by atoms with E-state index in [-0.39, 0.29) is 12.3 Å². The Hall–Kier alpha value is -1.11. The lowest BCUT2D eigenvalue weighted by Gasteiger charge is -2.17. The Morgan fingerprint density at radius 2 is 1.88 bits per heavy atom. The van der Waals surface area contributed by atoms with Crippen molar-refractivity contribution in [1.29, 1.82) is 0 Å². The summed E-state index contributed by atoms with van der Waals surface area (Å²) in [6.45, 7) is 2.36. The highest BCUT2D eigenvalue weighted by Gasteiger charge is 2.15. The molecule has 0 aliphatic rings. The summed E-state index contributed by atoms with van der Waals surface area (Å²) in [7, 11) is -1.89. The molecule has 1 aromatic rings. The quantitative estimate of drug-likeness (QED) is 0.800. The summed E-state index contributed by atoms with van der Waals surface area (Å²) in [6, 6.07) is 6.44. The Labute approximate surface area is 95.9 Å². The number of rotatable bonds is 5. The van der Waals surface area contributed by atoms with Crippen molar-refractivity contribution < 1.29 is 13.5 Å². The first-order valence-electron chi connectivity index (χ1n) is 4.94. The van der Waals surface area contributed by atoms with Crippen LogP contribution in [-0.4, -0.2) is 31.4 Å². The predicted molar refractivity (Wildman–Crippen MR) is 62.2 cm³/mol. The SMILES string of the molecule is CCNS(=O)(=O)N(C)Cc1ccc(O)cc1. The summed E-state index contributed by atoms with van der Waals surface area (Å²) in [4.78, 5) is 0. The average Bonchev–Trinajstić information content (AvgIpc) is 2.21. The summed E-state index contributed by atoms with van der Waals surface area (Å²) in [5.41, 5.74) is 0.821. The number of nitrogens with zero attached hydrogens (tertiary/aromatic N) is 1. The van der Waals surface area contributed by atoms with Crippen LogP contribution in [0.3, 0.4) is 0 Å². The molecule has 2 N–H and O–H groups in total. The third-order valence-corrected chi connectivity index (χ3v) is 3.68. The number of hydrogen-bond donors (Lipinski definition) is 2. The average molecular weight is 244 g/mol. The lowest BCUT2D eigenvalue weighted by Crippen LogP contribution is -2.37. The van der Waals surface area contributed by atoms with Gasteiger partial charge in [-0.3, -0.25) is 0 Å². The lowest BCUT2D eigenvalue weighted by molar-refractivity contribution is 0.455. The van der Waals surface area contributed by atoms with Crippen molar-refractivity contribution >= 4 is 10.2 Å². The number of phenols is 1. The molecule has 0 spiro atoms. The van der Waals surface area contributed by atoms with Crippen LogP contribution in [0.25, 0.3) is 0 Å². The van der Waals surface area contributed by atoms with E-state index >= 15 is 0 Å². The minimum absolute atomic E-state index is 0.168. The van der Waals surface area contributed by atoms with Crippen molar-refractivity contribution in [2.24, 2.45) is 0 Å². The van der Waals surface area contributed by atoms with E-state index < -0.39 is 10.2 Å². The van der Waals surface area contributed by atoms with Crippen LogP contribution in [-0.2, 0) is 16.8 Å². The Morgan fingerprint density at radius 1 is 1.31 bits per heavy atom. The van der Waals surface area contributed by atoms with E-state index in [9.17, 15) is 8.42 Å². The molecule has 1 rings (SSSR count). The third kappa shape index (κ3) is 3.48. The fraction of sp³-hybridized carbons (Fsp3) is 0.400. The normalized spacial score (nSPS) is 11.9. The van der Waals surface area contributed by atoms with Gasteiger partial charge in [0.1, 0.15) is 5.75 Å². The molecule has 0 bridgehead atoms. The molecular formula is C10H16N2O3S. The van der Waals surface area contributed by atoms with Gasteiger partial charge in [0.15, 0.2) is 0 Å². The van der Waals surface area contributed by atoms with E-state index in [0.29, 0.717) is 6.54 Å². The van der Waals surface area contributed by atoms with E-state index in [1.165, 1.54) is 23.5 Å². The predicted octanol–water partition coefficient (Wildman–Crippen LogP) is 0.678. The second-order valence-electron chi connectivity index (χ2n) is 3.43. The summed E-state index contributed by atoms with van der Waals surface area (Å²) in [5, 5.41) is 9.09. The minimum Gasteiger partial charge on any atom is -0.508 e. The van der Waals surface area contributed by atoms with Gasteiger partial charge in [-0.2, -0.15) is 12.7 Å². The first-order valence-corrected chi connectivity index (χ1v) is 6.38. The number of nitrogens with one attached hydrogen (secondary N) is 1. The van der Waals surface area contributed by atoms with E-state index in [2.05, 4.69) is 4.72 Å². The molecular weight excluding hydrogens is 228 g/mol. The molecule has 90 valence electrons. The van der Waals surface area contributed by atoms with Crippen LogP contribution >= 0.6 is 0 Å². The zero-order valence-electron chi connectivity index (χ0n) is 9.34. The molecule has 0 aliphatic heterocycles. The molecule has 0 atom stereocenters. The first kappa shape index (κ1) is 13.0. The fourth-order valence-corrected chi connectivity index (χ4v) is 2.14. The van der Waals surface area contributed by atoms with E-state index in [1.807, 2.05) is 0 Å². The standard InChI is InChI=1S/C10H16N2O3S/c1-3-11-16(14,15)12(2)8-9-4-6-10(13)7-5-9/h4-7,11,13H,3,8H2,1-2H3. The van der Waals surface area contributed by atoms with Crippen molar-refractivity contribution in [2.45, 2.75) is 13.5 Å². The number of benzene rings is 1. The van der Waals surface area contributed by atoms with Crippen molar-refractivity contribution in [2.75, 3.05) is 13.6 Å². The second kappa shape index (κ2) is 5.29. The van der Waals surface area contributed by atoms with Crippen molar-refractivity contribution in [1.82, 2.24) is 9.03 Å². The highest BCUT2D eigenvalue weighted by Crippen LogP contribution is 2.11. The number of hydrogen-bond acceptors (Lipinski definition) is 3. The molecule has 0 heterocycles. The summed E-state index contributed by atoms with van der Waals surface area (Å²) in [6.07, 6.45) is 0. The van der Waals surface area contributed by atoms with E-state index in [4.69, 9.17) is 5.11 Å². The molecule has 0 fully saturated rings. The van der Waals surface area contributed by atoms with E-state index in [1.54, 1.807) is 19.1 Å². The number of phenolic OH excluding ortho intramolecular Hbond substituents is 1. The minimum atomic E-state index is -3.40. The molecule has 6 heteroatoms. The van der Waals surface area contributed by atoms with Gasteiger partial charge in [0.25, 0.3) is 10.2 Å². The van der Waals surface area contributed by atoms with Crippen molar-refractivity contribution in [3.8, 4) is 5.75 Å². The molecule has 0 unspecified atom stereocenters. The summed E-state index contributed by atoms with van der Waals surface area (Å²) in [5.74, 6) is 0.168. The van der Waals surface area contributed by atoms with Gasteiger partial charge in [-0.05, 0) is 17.7 Å². The summed E-state index contributed by atoms with van der Waals surface area (Å²) < 4.78 is 26.8. The van der Waals surface area contributed by atoms with Crippen LogP contribution in [0.1, 0.15) is 12.5 Å². The highest BCUT2D eigenvalue weighted by atomic mass is 32.2. The Kier molecular flexibility index (Phi) is 4.28. The van der Waals surface area contributed by atoms with Gasteiger partial charge in [-0.15, -0.1) is 0 Å². The fourth-order valence-electron chi connectivity index (χ4n) is 1.24. The topological polar surface area (TPSA) is 69.6 Å². The van der Waals surface area contributed by atoms with Gasteiger partial charge in [0, 0.05) is 20.1 Å². The molecule has 16 heavy (non-hydrogen) atoms. The molecule has 0 saturated carbocycles. The third-order valence-electron chi connectivity index (χ3n) is 2.08. The highest BCUT2D eigenvalue weighted by molar-refractivity contribution is 7.87.